The summed E-state index contributed by atoms with van der Waals surface area (Å²) in [7, 11) is -3.29. The lowest BCUT2D eigenvalue weighted by atomic mass is 10.4. The Morgan fingerprint density at radius 3 is 2.67 bits per heavy atom. The van der Waals surface area contributed by atoms with Crippen LogP contribution in [0.3, 0.4) is 0 Å². The van der Waals surface area contributed by atoms with E-state index in [4.69, 9.17) is 23.2 Å². The molecule has 0 unspecified atom stereocenters. The van der Waals surface area contributed by atoms with E-state index in [0.29, 0.717) is 29.7 Å². The molecule has 0 atom stereocenters. The van der Waals surface area contributed by atoms with E-state index in [1.165, 1.54) is 15.6 Å². The van der Waals surface area contributed by atoms with Gasteiger partial charge in [0.25, 0.3) is 0 Å². The monoisotopic (exact) mass is 327 g/mol. The molecule has 0 radical (unpaired) electrons. The zero-order chi connectivity index (χ0) is 13.6. The predicted octanol–water partition coefficient (Wildman–Crippen LogP) is 3.35. The van der Waals surface area contributed by atoms with Crippen LogP contribution >= 0.6 is 34.5 Å². The number of hydrogen-bond acceptors (Lipinski definition) is 3. The van der Waals surface area contributed by atoms with Crippen molar-refractivity contribution in [1.82, 2.24) is 4.31 Å². The summed E-state index contributed by atoms with van der Waals surface area (Å²) in [5, 5.41) is 0. The lowest BCUT2D eigenvalue weighted by Crippen LogP contribution is -2.32. The van der Waals surface area contributed by atoms with Gasteiger partial charge in [0.1, 0.15) is 0 Å². The Hall–Kier alpha value is -0.0700. The molecule has 0 spiro atoms. The Labute approximate surface area is 122 Å². The van der Waals surface area contributed by atoms with Crippen LogP contribution in [0.5, 0.6) is 0 Å². The highest BCUT2D eigenvalue weighted by molar-refractivity contribution is 7.89. The molecule has 7 heteroatoms. The van der Waals surface area contributed by atoms with E-state index in [9.17, 15) is 8.42 Å². The maximum Gasteiger partial charge on any atom is 0.214 e. The summed E-state index contributed by atoms with van der Waals surface area (Å²) in [6, 6.07) is 3.60. The Balaban J connectivity index is 2.78. The molecular weight excluding hydrogens is 313 g/mol. The fourth-order valence-electron chi connectivity index (χ4n) is 1.40. The number of thiophene rings is 1. The molecule has 0 N–H and O–H groups in total. The summed E-state index contributed by atoms with van der Waals surface area (Å²) < 4.78 is 26.2. The second kappa shape index (κ2) is 7.50. The largest absolute Gasteiger partial charge is 0.214 e. The second-order valence-corrected chi connectivity index (χ2v) is 7.91. The molecule has 1 aromatic heterocycles. The van der Waals surface area contributed by atoms with Gasteiger partial charge in [-0.1, -0.05) is 17.7 Å². The molecule has 3 nitrogen and oxygen atoms in total. The van der Waals surface area contributed by atoms with Crippen LogP contribution in [0.1, 0.15) is 11.3 Å². The van der Waals surface area contributed by atoms with Gasteiger partial charge in [0.05, 0.1) is 10.1 Å². The third-order valence-corrected chi connectivity index (χ3v) is 5.58. The molecule has 102 valence electrons. The quantitative estimate of drug-likeness (QED) is 0.542. The number of hydrogen-bond donors (Lipinski definition) is 0. The van der Waals surface area contributed by atoms with Crippen molar-refractivity contribution >= 4 is 44.6 Å². The zero-order valence-electron chi connectivity index (χ0n) is 9.81. The summed E-state index contributed by atoms with van der Waals surface area (Å²) in [6.07, 6.45) is 2.02. The van der Waals surface area contributed by atoms with Crippen molar-refractivity contribution < 1.29 is 8.42 Å². The van der Waals surface area contributed by atoms with E-state index in [-0.39, 0.29) is 5.75 Å². The molecule has 0 aromatic carbocycles. The first-order valence-corrected chi connectivity index (χ1v) is 8.72. The molecule has 0 saturated carbocycles. The van der Waals surface area contributed by atoms with Gasteiger partial charge in [0, 0.05) is 23.8 Å². The van der Waals surface area contributed by atoms with Crippen molar-refractivity contribution in [2.45, 2.75) is 13.0 Å². The highest BCUT2D eigenvalue weighted by atomic mass is 35.5. The van der Waals surface area contributed by atoms with Crippen LogP contribution in [0.25, 0.3) is 0 Å². The van der Waals surface area contributed by atoms with Crippen LogP contribution in [0.2, 0.25) is 4.34 Å². The van der Waals surface area contributed by atoms with Crippen LogP contribution < -0.4 is 0 Å². The Kier molecular flexibility index (Phi) is 6.66. The van der Waals surface area contributed by atoms with Crippen molar-refractivity contribution in [2.75, 3.05) is 18.2 Å². The minimum absolute atomic E-state index is 0.0590. The van der Waals surface area contributed by atoms with E-state index < -0.39 is 10.0 Å². The van der Waals surface area contributed by atoms with Crippen molar-refractivity contribution in [3.8, 4) is 0 Å². The molecule has 1 rings (SSSR count). The fourth-order valence-corrected chi connectivity index (χ4v) is 4.31. The average molecular weight is 328 g/mol. The molecule has 0 aliphatic rings. The number of nitrogens with zero attached hydrogens (tertiary/aromatic N) is 1. The van der Waals surface area contributed by atoms with Gasteiger partial charge >= 0.3 is 0 Å². The normalized spacial score (nSPS) is 11.9. The van der Waals surface area contributed by atoms with Gasteiger partial charge in [-0.2, -0.15) is 4.31 Å². The van der Waals surface area contributed by atoms with Crippen molar-refractivity contribution in [1.29, 1.82) is 0 Å². The van der Waals surface area contributed by atoms with Gasteiger partial charge < -0.3 is 0 Å². The lowest BCUT2D eigenvalue weighted by molar-refractivity contribution is 0.441. The summed E-state index contributed by atoms with van der Waals surface area (Å²) in [4.78, 5) is 0.913. The molecule has 1 heterocycles. The van der Waals surface area contributed by atoms with E-state index in [2.05, 4.69) is 6.58 Å². The fraction of sp³-hybridized carbons (Fsp3) is 0.455. The second-order valence-electron chi connectivity index (χ2n) is 3.65. The highest BCUT2D eigenvalue weighted by Crippen LogP contribution is 2.23. The molecule has 0 saturated heterocycles. The minimum atomic E-state index is -3.29. The predicted molar refractivity (Wildman–Crippen MR) is 79.1 cm³/mol. The third-order valence-electron chi connectivity index (χ3n) is 2.22. The first-order valence-electron chi connectivity index (χ1n) is 5.38. The topological polar surface area (TPSA) is 37.4 Å². The SMILES string of the molecule is C=CCN(Cc1ccc(Cl)s1)S(=O)(=O)CCCCl. The maximum atomic E-state index is 12.1. The van der Waals surface area contributed by atoms with Gasteiger partial charge in [-0.3, -0.25) is 0 Å². The van der Waals surface area contributed by atoms with Crippen LogP contribution in [0, 0.1) is 0 Å². The molecule has 1 aromatic rings. The minimum Gasteiger partial charge on any atom is -0.212 e. The number of halogens is 2. The molecule has 0 aliphatic heterocycles. The highest BCUT2D eigenvalue weighted by Gasteiger charge is 2.21. The smallest absolute Gasteiger partial charge is 0.212 e. The number of alkyl halides is 1. The Bertz CT molecular complexity index is 485. The zero-order valence-corrected chi connectivity index (χ0v) is 13.0. The molecule has 0 fully saturated rings. The number of rotatable bonds is 8. The molecule has 0 amide bonds. The average Bonchev–Trinajstić information content (AvgIpc) is 2.72. The van der Waals surface area contributed by atoms with Gasteiger partial charge in [-0.25, -0.2) is 8.42 Å². The first kappa shape index (κ1) is 16.0. The van der Waals surface area contributed by atoms with Crippen LogP contribution in [-0.4, -0.2) is 30.9 Å². The van der Waals surface area contributed by atoms with Gasteiger partial charge in [-0.05, 0) is 18.6 Å². The third kappa shape index (κ3) is 4.90. The van der Waals surface area contributed by atoms with Gasteiger partial charge in [0.15, 0.2) is 0 Å². The van der Waals surface area contributed by atoms with E-state index in [1.807, 2.05) is 6.07 Å². The van der Waals surface area contributed by atoms with E-state index >= 15 is 0 Å². The Morgan fingerprint density at radius 1 is 1.44 bits per heavy atom. The molecule has 18 heavy (non-hydrogen) atoms. The van der Waals surface area contributed by atoms with Crippen LogP contribution in [0.15, 0.2) is 24.8 Å². The van der Waals surface area contributed by atoms with Gasteiger partial charge in [-0.15, -0.1) is 29.5 Å². The van der Waals surface area contributed by atoms with Crippen LogP contribution in [-0.2, 0) is 16.6 Å². The van der Waals surface area contributed by atoms with E-state index in [1.54, 1.807) is 12.1 Å². The summed E-state index contributed by atoms with van der Waals surface area (Å²) in [5.74, 6) is 0.398. The molecule has 0 aliphatic carbocycles. The standard InChI is InChI=1S/C11H15Cl2NO2S2/c1-2-7-14(18(15,16)8-3-6-12)9-10-4-5-11(13)17-10/h2,4-5H,1,3,6-9H2. The first-order chi connectivity index (χ1) is 8.49. The molecular formula is C11H15Cl2NO2S2. The van der Waals surface area contributed by atoms with Crippen molar-refractivity contribution in [2.24, 2.45) is 0 Å². The Morgan fingerprint density at radius 2 is 2.17 bits per heavy atom. The summed E-state index contributed by atoms with van der Waals surface area (Å²) in [5.41, 5.74) is 0. The van der Waals surface area contributed by atoms with E-state index in [0.717, 1.165) is 4.88 Å². The summed E-state index contributed by atoms with van der Waals surface area (Å²) in [6.45, 7) is 4.21. The summed E-state index contributed by atoms with van der Waals surface area (Å²) >= 11 is 12.7. The maximum absolute atomic E-state index is 12.1. The van der Waals surface area contributed by atoms with Crippen molar-refractivity contribution in [3.05, 3.63) is 34.0 Å². The lowest BCUT2D eigenvalue weighted by Gasteiger charge is -2.19. The molecule has 0 bridgehead atoms. The van der Waals surface area contributed by atoms with Crippen LogP contribution in [0.4, 0.5) is 0 Å². The van der Waals surface area contributed by atoms with Gasteiger partial charge in [0.2, 0.25) is 10.0 Å². The number of sulfonamides is 1. The van der Waals surface area contributed by atoms with Crippen molar-refractivity contribution in [3.63, 3.8) is 0 Å².